The molecule has 0 unspecified atom stereocenters. The molecule has 0 aromatic carbocycles. The SMILES string of the molecule is CNC(=O)C(Cl)(C(F)(F)F)C(F)(F)F. The largest absolute Gasteiger partial charge is 0.425 e. The van der Waals surface area contributed by atoms with Gasteiger partial charge in [-0.05, 0) is 0 Å². The maximum atomic E-state index is 11.9. The molecule has 0 aliphatic heterocycles. The number of alkyl halides is 7. The molecule has 84 valence electrons. The Morgan fingerprint density at radius 2 is 1.36 bits per heavy atom. The molecule has 0 rings (SSSR count). The van der Waals surface area contributed by atoms with Crippen molar-refractivity contribution in [1.29, 1.82) is 0 Å². The Hall–Kier alpha value is -0.660. The van der Waals surface area contributed by atoms with E-state index in [0.29, 0.717) is 7.05 Å². The highest BCUT2D eigenvalue weighted by Crippen LogP contribution is 2.48. The second kappa shape index (κ2) is 3.48. The van der Waals surface area contributed by atoms with Crippen LogP contribution >= 0.6 is 11.6 Å². The van der Waals surface area contributed by atoms with E-state index in [0.717, 1.165) is 0 Å². The number of nitrogens with one attached hydrogen (secondary N) is 1. The third-order valence-corrected chi connectivity index (χ3v) is 1.92. The van der Waals surface area contributed by atoms with E-state index < -0.39 is 23.1 Å². The number of carbonyl (C=O) groups is 1. The monoisotopic (exact) mass is 243 g/mol. The minimum atomic E-state index is -5.91. The quantitative estimate of drug-likeness (QED) is 0.553. The van der Waals surface area contributed by atoms with Crippen LogP contribution in [-0.2, 0) is 4.79 Å². The Bertz CT molecular complexity index is 219. The van der Waals surface area contributed by atoms with E-state index in [1.165, 1.54) is 5.32 Å². The molecule has 0 bridgehead atoms. The molecule has 0 saturated carbocycles. The van der Waals surface area contributed by atoms with Gasteiger partial charge in [-0.15, -0.1) is 0 Å². The van der Waals surface area contributed by atoms with Crippen molar-refractivity contribution < 1.29 is 31.1 Å². The van der Waals surface area contributed by atoms with Crippen LogP contribution in [0.2, 0.25) is 0 Å². The Balaban J connectivity index is 5.40. The molecule has 0 radical (unpaired) electrons. The number of hydrogen-bond donors (Lipinski definition) is 1. The smallest absolute Gasteiger partial charge is 0.357 e. The molecule has 0 atom stereocenters. The van der Waals surface area contributed by atoms with Crippen molar-refractivity contribution in [3.63, 3.8) is 0 Å². The van der Waals surface area contributed by atoms with Gasteiger partial charge in [0.25, 0.3) is 5.91 Å². The summed E-state index contributed by atoms with van der Waals surface area (Å²) in [5.74, 6) is -2.36. The van der Waals surface area contributed by atoms with Crippen molar-refractivity contribution in [2.45, 2.75) is 17.2 Å². The van der Waals surface area contributed by atoms with Crippen LogP contribution in [0.15, 0.2) is 0 Å². The highest BCUT2D eigenvalue weighted by Gasteiger charge is 2.74. The summed E-state index contributed by atoms with van der Waals surface area (Å²) in [5, 5.41) is 1.21. The lowest BCUT2D eigenvalue weighted by Crippen LogP contribution is -2.61. The van der Waals surface area contributed by atoms with Crippen LogP contribution in [0.25, 0.3) is 0 Å². The molecular weight excluding hydrogens is 240 g/mol. The lowest BCUT2D eigenvalue weighted by Gasteiger charge is -2.29. The van der Waals surface area contributed by atoms with Gasteiger partial charge < -0.3 is 5.32 Å². The van der Waals surface area contributed by atoms with Crippen molar-refractivity contribution in [2.24, 2.45) is 0 Å². The topological polar surface area (TPSA) is 29.1 Å². The maximum Gasteiger partial charge on any atom is 0.425 e. The van der Waals surface area contributed by atoms with Gasteiger partial charge in [0.1, 0.15) is 0 Å². The zero-order valence-corrected chi connectivity index (χ0v) is 7.31. The van der Waals surface area contributed by atoms with Crippen LogP contribution in [0, 0.1) is 0 Å². The van der Waals surface area contributed by atoms with Crippen molar-refractivity contribution in [3.8, 4) is 0 Å². The first kappa shape index (κ1) is 13.3. The van der Waals surface area contributed by atoms with E-state index >= 15 is 0 Å². The highest BCUT2D eigenvalue weighted by molar-refractivity contribution is 6.36. The van der Waals surface area contributed by atoms with Gasteiger partial charge >= 0.3 is 17.2 Å². The lowest BCUT2D eigenvalue weighted by molar-refractivity contribution is -0.260. The first-order valence-corrected chi connectivity index (χ1v) is 3.40. The fraction of sp³-hybridized carbons (Fsp3) is 0.800. The maximum absolute atomic E-state index is 11.9. The predicted octanol–water partition coefficient (Wildman–Crippen LogP) is 1.83. The molecule has 0 heterocycles. The van der Waals surface area contributed by atoms with Gasteiger partial charge in [-0.3, -0.25) is 4.79 Å². The second-order valence-electron chi connectivity index (χ2n) is 2.23. The van der Waals surface area contributed by atoms with Gasteiger partial charge in [0.05, 0.1) is 0 Å². The van der Waals surface area contributed by atoms with Crippen molar-refractivity contribution >= 4 is 17.5 Å². The van der Waals surface area contributed by atoms with Crippen LogP contribution in [0.3, 0.4) is 0 Å². The second-order valence-corrected chi connectivity index (χ2v) is 2.80. The molecule has 1 N–H and O–H groups in total. The molecule has 0 fully saturated rings. The van der Waals surface area contributed by atoms with Crippen molar-refractivity contribution in [2.75, 3.05) is 7.05 Å². The molecule has 9 heteroatoms. The molecular formula is C5H4ClF6NO. The van der Waals surface area contributed by atoms with Crippen LogP contribution < -0.4 is 5.32 Å². The Morgan fingerprint density at radius 3 is 1.43 bits per heavy atom. The lowest BCUT2D eigenvalue weighted by atomic mass is 10.1. The summed E-state index contributed by atoms with van der Waals surface area (Å²) < 4.78 is 71.5. The van der Waals surface area contributed by atoms with Gasteiger partial charge in [-0.1, -0.05) is 11.6 Å². The number of hydrogen-bond acceptors (Lipinski definition) is 1. The van der Waals surface area contributed by atoms with Crippen LogP contribution in [0.1, 0.15) is 0 Å². The molecule has 0 aliphatic carbocycles. The summed E-state index contributed by atoms with van der Waals surface area (Å²) in [6, 6.07) is 0. The Labute approximate surface area is 79.2 Å². The van der Waals surface area contributed by atoms with Gasteiger partial charge in [0.15, 0.2) is 0 Å². The van der Waals surface area contributed by atoms with E-state index in [2.05, 4.69) is 11.6 Å². The molecule has 0 aliphatic rings. The minimum Gasteiger partial charge on any atom is -0.357 e. The first-order valence-electron chi connectivity index (χ1n) is 3.03. The van der Waals surface area contributed by atoms with Gasteiger partial charge in [0.2, 0.25) is 0 Å². The Kier molecular flexibility index (Phi) is 3.32. The van der Waals surface area contributed by atoms with Gasteiger partial charge in [-0.2, -0.15) is 26.3 Å². The number of amides is 1. The van der Waals surface area contributed by atoms with E-state index in [-0.39, 0.29) is 0 Å². The van der Waals surface area contributed by atoms with Crippen LogP contribution in [0.4, 0.5) is 26.3 Å². The van der Waals surface area contributed by atoms with E-state index in [1.54, 1.807) is 0 Å². The summed E-state index contributed by atoms with van der Waals surface area (Å²) in [6.07, 6.45) is -11.8. The normalized spacial score (nSPS) is 14.0. The predicted molar refractivity (Wildman–Crippen MR) is 34.8 cm³/mol. The first-order chi connectivity index (χ1) is 5.98. The summed E-state index contributed by atoms with van der Waals surface area (Å²) >= 11 is 4.28. The number of rotatable bonds is 1. The number of halogens is 7. The molecule has 0 aromatic rings. The standard InChI is InChI=1S/C5H4ClF6NO/c1-13-2(14)3(6,4(7,8)9)5(10,11)12/h1H3,(H,13,14). The molecule has 0 saturated heterocycles. The summed E-state index contributed by atoms with van der Waals surface area (Å²) in [4.78, 5) is 5.55. The van der Waals surface area contributed by atoms with Crippen molar-refractivity contribution in [3.05, 3.63) is 0 Å². The average molecular weight is 244 g/mol. The van der Waals surface area contributed by atoms with E-state index in [9.17, 15) is 31.1 Å². The summed E-state index contributed by atoms with van der Waals surface area (Å²) in [5.41, 5.74) is 0. The zero-order chi connectivity index (χ0) is 11.8. The molecule has 2 nitrogen and oxygen atoms in total. The summed E-state index contributed by atoms with van der Waals surface area (Å²) in [6.45, 7) is 0. The van der Waals surface area contributed by atoms with Crippen molar-refractivity contribution in [1.82, 2.24) is 5.32 Å². The summed E-state index contributed by atoms with van der Waals surface area (Å²) in [7, 11) is 0.622. The third-order valence-electron chi connectivity index (χ3n) is 1.32. The number of carbonyl (C=O) groups excluding carboxylic acids is 1. The van der Waals surface area contributed by atoms with E-state index in [1.807, 2.05) is 0 Å². The molecule has 14 heavy (non-hydrogen) atoms. The zero-order valence-electron chi connectivity index (χ0n) is 6.55. The third kappa shape index (κ3) is 1.89. The fourth-order valence-electron chi connectivity index (χ4n) is 0.590. The molecule has 1 amide bonds. The molecule has 0 spiro atoms. The van der Waals surface area contributed by atoms with Crippen LogP contribution in [-0.4, -0.2) is 30.2 Å². The van der Waals surface area contributed by atoms with Crippen LogP contribution in [0.5, 0.6) is 0 Å². The molecule has 0 aromatic heterocycles. The fourth-order valence-corrected chi connectivity index (χ4v) is 0.685. The minimum absolute atomic E-state index is 0.622. The highest BCUT2D eigenvalue weighted by atomic mass is 35.5. The van der Waals surface area contributed by atoms with E-state index in [4.69, 9.17) is 0 Å². The Morgan fingerprint density at radius 1 is 1.07 bits per heavy atom. The van der Waals surface area contributed by atoms with Gasteiger partial charge in [0, 0.05) is 7.05 Å². The van der Waals surface area contributed by atoms with Gasteiger partial charge in [-0.25, -0.2) is 0 Å². The average Bonchev–Trinajstić information content (AvgIpc) is 1.97.